The average Bonchev–Trinajstić information content (AvgIpc) is 3.19. The minimum absolute atomic E-state index is 0.0850. The highest BCUT2D eigenvalue weighted by Gasteiger charge is 2.33. The number of fused-ring (bicyclic) bond motifs is 1. The fourth-order valence-corrected chi connectivity index (χ4v) is 3.66. The van der Waals surface area contributed by atoms with Gasteiger partial charge in [0.15, 0.2) is 5.22 Å². The van der Waals surface area contributed by atoms with Gasteiger partial charge in [-0.25, -0.2) is 4.98 Å². The maximum absolute atomic E-state index is 6.34. The molecule has 0 radical (unpaired) electrons. The van der Waals surface area contributed by atoms with Gasteiger partial charge in [-0.05, 0) is 17.7 Å². The summed E-state index contributed by atoms with van der Waals surface area (Å²) in [5.41, 5.74) is 9.27. The molecule has 3 aromatic rings. The minimum atomic E-state index is 0.0850. The van der Waals surface area contributed by atoms with E-state index in [2.05, 4.69) is 9.88 Å². The van der Waals surface area contributed by atoms with Gasteiger partial charge in [0.25, 0.3) is 0 Å². The largest absolute Gasteiger partial charge is 0.444 e. The van der Waals surface area contributed by atoms with Crippen LogP contribution in [0.2, 0.25) is 5.22 Å². The zero-order valence-electron chi connectivity index (χ0n) is 12.9. The molecule has 1 aliphatic heterocycles. The molecular formula is C17H19ClN4O. The second-order valence-electron chi connectivity index (χ2n) is 6.28. The fraction of sp³-hybridized carbons (Fsp3) is 0.353. The molecule has 1 fully saturated rings. The van der Waals surface area contributed by atoms with Gasteiger partial charge >= 0.3 is 0 Å². The molecule has 0 saturated carbocycles. The Morgan fingerprint density at radius 2 is 2.17 bits per heavy atom. The summed E-state index contributed by atoms with van der Waals surface area (Å²) >= 11 is 6.30. The molecule has 0 aliphatic carbocycles. The monoisotopic (exact) mass is 330 g/mol. The first-order valence-corrected chi connectivity index (χ1v) is 8.11. The molecule has 6 heteroatoms. The normalized spacial score (nSPS) is 22.2. The number of benzene rings is 1. The van der Waals surface area contributed by atoms with Crippen molar-refractivity contribution in [1.29, 1.82) is 0 Å². The summed E-state index contributed by atoms with van der Waals surface area (Å²) in [7, 11) is 1.98. The molecule has 2 N–H and O–H groups in total. The summed E-state index contributed by atoms with van der Waals surface area (Å²) in [5.74, 6) is 0.258. The minimum Gasteiger partial charge on any atom is -0.444 e. The second kappa shape index (κ2) is 5.67. The number of aryl methyl sites for hydroxylation is 1. The Balaban J connectivity index is 1.56. The van der Waals surface area contributed by atoms with E-state index in [-0.39, 0.29) is 12.0 Å². The molecule has 5 nitrogen and oxygen atoms in total. The number of rotatable bonds is 3. The van der Waals surface area contributed by atoms with Crippen LogP contribution in [-0.2, 0) is 13.6 Å². The fourth-order valence-electron chi connectivity index (χ4n) is 3.42. The van der Waals surface area contributed by atoms with E-state index in [1.165, 1.54) is 0 Å². The van der Waals surface area contributed by atoms with Gasteiger partial charge in [-0.3, -0.25) is 4.90 Å². The Hall–Kier alpha value is -1.82. The van der Waals surface area contributed by atoms with Gasteiger partial charge in [-0.2, -0.15) is 0 Å². The summed E-state index contributed by atoms with van der Waals surface area (Å²) in [4.78, 5) is 6.79. The molecule has 23 heavy (non-hydrogen) atoms. The SMILES string of the molecule is Cn1cnc([C@@H]2CN(Cc3c(Cl)oc4ccccc34)C[C@H]2N)c1. The van der Waals surface area contributed by atoms with E-state index < -0.39 is 0 Å². The van der Waals surface area contributed by atoms with E-state index in [0.29, 0.717) is 5.22 Å². The third-order valence-electron chi connectivity index (χ3n) is 4.58. The number of nitrogens with zero attached hydrogens (tertiary/aromatic N) is 3. The highest BCUT2D eigenvalue weighted by Crippen LogP contribution is 2.33. The first-order chi connectivity index (χ1) is 11.1. The predicted molar refractivity (Wildman–Crippen MR) is 90.4 cm³/mol. The predicted octanol–water partition coefficient (Wildman–Crippen LogP) is 2.75. The van der Waals surface area contributed by atoms with Gasteiger partial charge in [0.1, 0.15) is 5.58 Å². The molecule has 0 bridgehead atoms. The topological polar surface area (TPSA) is 60.2 Å². The number of aromatic nitrogens is 2. The van der Waals surface area contributed by atoms with Crippen molar-refractivity contribution in [3.05, 3.63) is 53.3 Å². The molecule has 2 aromatic heterocycles. The van der Waals surface area contributed by atoms with Crippen LogP contribution in [0.1, 0.15) is 17.2 Å². The Morgan fingerprint density at radius 1 is 1.35 bits per heavy atom. The Labute approximate surface area is 139 Å². The van der Waals surface area contributed by atoms with Crippen LogP contribution in [0.15, 0.2) is 41.2 Å². The van der Waals surface area contributed by atoms with Crippen LogP contribution in [0, 0.1) is 0 Å². The van der Waals surface area contributed by atoms with E-state index >= 15 is 0 Å². The molecule has 0 amide bonds. The summed E-state index contributed by atoms with van der Waals surface area (Å²) in [6.07, 6.45) is 3.87. The summed E-state index contributed by atoms with van der Waals surface area (Å²) in [6.45, 7) is 2.46. The third kappa shape index (κ3) is 2.65. The zero-order valence-corrected chi connectivity index (χ0v) is 13.7. The van der Waals surface area contributed by atoms with Crippen molar-refractivity contribution in [2.45, 2.75) is 18.5 Å². The molecule has 1 aromatic carbocycles. The summed E-state index contributed by atoms with van der Waals surface area (Å²) < 4.78 is 7.61. The molecule has 0 unspecified atom stereocenters. The number of imidazole rings is 1. The van der Waals surface area contributed by atoms with E-state index in [1.54, 1.807) is 0 Å². The van der Waals surface area contributed by atoms with Crippen molar-refractivity contribution < 1.29 is 4.42 Å². The molecule has 3 heterocycles. The van der Waals surface area contributed by atoms with Crippen LogP contribution < -0.4 is 5.73 Å². The van der Waals surface area contributed by atoms with E-state index in [9.17, 15) is 0 Å². The van der Waals surface area contributed by atoms with Crippen LogP contribution in [0.4, 0.5) is 0 Å². The molecular weight excluding hydrogens is 312 g/mol. The Bertz CT molecular complexity index is 840. The first kappa shape index (κ1) is 14.8. The average molecular weight is 331 g/mol. The van der Waals surface area contributed by atoms with E-state index in [0.717, 1.165) is 41.9 Å². The van der Waals surface area contributed by atoms with Crippen molar-refractivity contribution >= 4 is 22.6 Å². The lowest BCUT2D eigenvalue weighted by Gasteiger charge is -2.14. The zero-order chi connectivity index (χ0) is 16.0. The molecule has 0 spiro atoms. The summed E-state index contributed by atoms with van der Waals surface area (Å²) in [5, 5.41) is 1.55. The first-order valence-electron chi connectivity index (χ1n) is 7.73. The number of likely N-dealkylation sites (tertiary alicyclic amines) is 1. The Morgan fingerprint density at radius 3 is 2.96 bits per heavy atom. The standard InChI is InChI=1S/C17H19ClN4O/c1-21-9-15(20-10-21)13-7-22(8-14(13)19)6-12-11-4-2-3-5-16(11)23-17(12)18/h2-5,9-10,13-14H,6-8,19H2,1H3/t13-,14-/m1/s1. The molecule has 4 rings (SSSR count). The van der Waals surface area contributed by atoms with Crippen molar-refractivity contribution in [3.8, 4) is 0 Å². The highest BCUT2D eigenvalue weighted by molar-refractivity contribution is 6.30. The molecule has 120 valence electrons. The quantitative estimate of drug-likeness (QED) is 0.802. The van der Waals surface area contributed by atoms with E-state index in [4.69, 9.17) is 21.8 Å². The number of hydrogen-bond acceptors (Lipinski definition) is 4. The number of halogens is 1. The Kier molecular flexibility index (Phi) is 3.64. The van der Waals surface area contributed by atoms with Gasteiger partial charge < -0.3 is 14.7 Å². The molecule has 1 saturated heterocycles. The lowest BCUT2D eigenvalue weighted by Crippen LogP contribution is -2.28. The maximum Gasteiger partial charge on any atom is 0.199 e. The number of para-hydroxylation sites is 1. The van der Waals surface area contributed by atoms with E-state index in [1.807, 2.05) is 48.4 Å². The second-order valence-corrected chi connectivity index (χ2v) is 6.62. The van der Waals surface area contributed by atoms with Crippen molar-refractivity contribution in [2.24, 2.45) is 12.8 Å². The van der Waals surface area contributed by atoms with Crippen molar-refractivity contribution in [3.63, 3.8) is 0 Å². The van der Waals surface area contributed by atoms with Gasteiger partial charge in [-0.1, -0.05) is 18.2 Å². The highest BCUT2D eigenvalue weighted by atomic mass is 35.5. The van der Waals surface area contributed by atoms with Crippen molar-refractivity contribution in [1.82, 2.24) is 14.5 Å². The van der Waals surface area contributed by atoms with Gasteiger partial charge in [0.2, 0.25) is 0 Å². The summed E-state index contributed by atoms with van der Waals surface area (Å²) in [6, 6.07) is 8.03. The van der Waals surface area contributed by atoms with Crippen LogP contribution in [0.3, 0.4) is 0 Å². The molecule has 2 atom stereocenters. The molecule has 1 aliphatic rings. The lowest BCUT2D eigenvalue weighted by molar-refractivity contribution is 0.323. The smallest absolute Gasteiger partial charge is 0.199 e. The number of hydrogen-bond donors (Lipinski definition) is 1. The van der Waals surface area contributed by atoms with Gasteiger partial charge in [0, 0.05) is 55.8 Å². The van der Waals surface area contributed by atoms with Gasteiger partial charge in [0.05, 0.1) is 12.0 Å². The number of nitrogens with two attached hydrogens (primary N) is 1. The van der Waals surface area contributed by atoms with Crippen LogP contribution >= 0.6 is 11.6 Å². The van der Waals surface area contributed by atoms with Gasteiger partial charge in [-0.15, -0.1) is 0 Å². The van der Waals surface area contributed by atoms with Crippen molar-refractivity contribution in [2.75, 3.05) is 13.1 Å². The van der Waals surface area contributed by atoms with Crippen LogP contribution in [-0.4, -0.2) is 33.6 Å². The lowest BCUT2D eigenvalue weighted by atomic mass is 10.0. The third-order valence-corrected chi connectivity index (χ3v) is 4.88. The maximum atomic E-state index is 6.34. The van der Waals surface area contributed by atoms with Crippen LogP contribution in [0.25, 0.3) is 11.0 Å². The van der Waals surface area contributed by atoms with Crippen LogP contribution in [0.5, 0.6) is 0 Å². The number of furan rings is 1.